The molecule has 0 aromatic heterocycles. The maximum atomic E-state index is 5.54. The van der Waals surface area contributed by atoms with E-state index < -0.39 is 0 Å². The topological polar surface area (TPSA) is 31.0 Å². The summed E-state index contributed by atoms with van der Waals surface area (Å²) < 4.78 is 17.2. The summed E-state index contributed by atoms with van der Waals surface area (Å²) in [6.45, 7) is 8.22. The van der Waals surface area contributed by atoms with Crippen molar-refractivity contribution >= 4 is 0 Å². The van der Waals surface area contributed by atoms with Crippen molar-refractivity contribution in [2.45, 2.75) is 26.2 Å². The van der Waals surface area contributed by atoms with Gasteiger partial charge in [-0.3, -0.25) is 0 Å². The van der Waals surface area contributed by atoms with Gasteiger partial charge in [0.05, 0.1) is 20.7 Å². The number of nitrogens with zero attached hydrogens (tertiary/aromatic N) is 1. The van der Waals surface area contributed by atoms with E-state index in [2.05, 4.69) is 14.1 Å². The van der Waals surface area contributed by atoms with Gasteiger partial charge in [0.2, 0.25) is 6.29 Å². The Hall–Kier alpha value is 0.130. The zero-order chi connectivity index (χ0) is 11.3. The highest BCUT2D eigenvalue weighted by Gasteiger charge is 2.33. The van der Waals surface area contributed by atoms with Gasteiger partial charge in [0.15, 0.2) is 0 Å². The van der Waals surface area contributed by atoms with Crippen LogP contribution in [0, 0.1) is 0 Å². The SMILES string of the molecule is CCOC(C[N+](C)(C)CC1CO1)OCC.[Cl-]. The Morgan fingerprint density at radius 1 is 1.25 bits per heavy atom. The molecule has 1 unspecified atom stereocenters. The molecule has 4 nitrogen and oxygen atoms in total. The second-order valence-corrected chi connectivity index (χ2v) is 4.60. The molecule has 0 N–H and O–H groups in total. The van der Waals surface area contributed by atoms with E-state index in [9.17, 15) is 0 Å². The van der Waals surface area contributed by atoms with Crippen LogP contribution in [0.15, 0.2) is 0 Å². The molecule has 0 saturated carbocycles. The monoisotopic (exact) mass is 253 g/mol. The van der Waals surface area contributed by atoms with Gasteiger partial charge in [-0.1, -0.05) is 0 Å². The third-order valence-electron chi connectivity index (χ3n) is 2.45. The normalized spacial score (nSPS) is 19.7. The highest BCUT2D eigenvalue weighted by molar-refractivity contribution is 4.67. The Balaban J connectivity index is 0.00000225. The molecule has 1 aliphatic rings. The second-order valence-electron chi connectivity index (χ2n) is 4.60. The molecule has 98 valence electrons. The van der Waals surface area contributed by atoms with Crippen LogP contribution >= 0.6 is 0 Å². The number of rotatable bonds is 8. The minimum atomic E-state index is -0.0891. The molecular weight excluding hydrogens is 230 g/mol. The summed E-state index contributed by atoms with van der Waals surface area (Å²) in [5.74, 6) is 0. The molecule has 0 spiro atoms. The number of epoxide rings is 1. The van der Waals surface area contributed by atoms with E-state index in [1.54, 1.807) is 0 Å². The lowest BCUT2D eigenvalue weighted by atomic mass is 10.3. The molecule has 5 heteroatoms. The van der Waals surface area contributed by atoms with Crippen LogP contribution in [0.2, 0.25) is 0 Å². The Kier molecular flexibility index (Phi) is 7.52. The van der Waals surface area contributed by atoms with Crippen LogP contribution in [0.1, 0.15) is 13.8 Å². The molecule has 1 fully saturated rings. The summed E-state index contributed by atoms with van der Waals surface area (Å²) in [6.07, 6.45) is 0.359. The number of likely N-dealkylation sites (N-methyl/N-ethyl adjacent to an activating group) is 1. The van der Waals surface area contributed by atoms with E-state index in [0.29, 0.717) is 19.3 Å². The summed E-state index contributed by atoms with van der Waals surface area (Å²) in [5, 5.41) is 0. The van der Waals surface area contributed by atoms with Crippen LogP contribution in [-0.4, -0.2) is 63.9 Å². The molecule has 0 bridgehead atoms. The number of hydrogen-bond acceptors (Lipinski definition) is 3. The highest BCUT2D eigenvalue weighted by Crippen LogP contribution is 2.15. The van der Waals surface area contributed by atoms with Crippen molar-refractivity contribution in [3.05, 3.63) is 0 Å². The third-order valence-corrected chi connectivity index (χ3v) is 2.45. The maximum Gasteiger partial charge on any atom is 0.207 e. The standard InChI is InChI=1S/C11H24NO3.ClH/c1-5-13-11(14-6-2)8-12(3,4)7-10-9-15-10;/h10-11H,5-9H2,1-4H3;1H/q+1;/p-1. The average Bonchev–Trinajstić information content (AvgIpc) is 2.87. The minimum absolute atomic E-state index is 0. The lowest BCUT2D eigenvalue weighted by Crippen LogP contribution is -3.00. The summed E-state index contributed by atoms with van der Waals surface area (Å²) in [7, 11) is 4.37. The number of ether oxygens (including phenoxy) is 3. The molecule has 0 radical (unpaired) electrons. The van der Waals surface area contributed by atoms with Gasteiger partial charge in [0, 0.05) is 13.2 Å². The molecule has 16 heavy (non-hydrogen) atoms. The lowest BCUT2D eigenvalue weighted by Gasteiger charge is -2.32. The van der Waals surface area contributed by atoms with Crippen molar-refractivity contribution in [1.82, 2.24) is 0 Å². The predicted octanol–water partition coefficient (Wildman–Crippen LogP) is -2.14. The molecule has 1 saturated heterocycles. The van der Waals surface area contributed by atoms with Gasteiger partial charge in [-0.05, 0) is 13.8 Å². The van der Waals surface area contributed by atoms with Gasteiger partial charge in [-0.2, -0.15) is 0 Å². The number of quaternary nitrogens is 1. The van der Waals surface area contributed by atoms with Crippen LogP contribution < -0.4 is 12.4 Å². The molecule has 1 heterocycles. The highest BCUT2D eigenvalue weighted by atomic mass is 35.5. The molecule has 0 amide bonds. The average molecular weight is 254 g/mol. The maximum absolute atomic E-state index is 5.54. The summed E-state index contributed by atoms with van der Waals surface area (Å²) in [6, 6.07) is 0. The van der Waals surface area contributed by atoms with Crippen molar-refractivity contribution in [3.8, 4) is 0 Å². The van der Waals surface area contributed by atoms with E-state index in [1.165, 1.54) is 0 Å². The Labute approximate surface area is 105 Å². The van der Waals surface area contributed by atoms with Gasteiger partial charge in [0.1, 0.15) is 19.2 Å². The zero-order valence-corrected chi connectivity index (χ0v) is 11.5. The molecule has 1 atom stereocenters. The molecular formula is C11H24ClNO3. The molecule has 0 aromatic rings. The van der Waals surface area contributed by atoms with Gasteiger partial charge in [-0.15, -0.1) is 0 Å². The van der Waals surface area contributed by atoms with Crippen molar-refractivity contribution in [2.75, 3.05) is 47.0 Å². The first-order valence-corrected chi connectivity index (χ1v) is 5.74. The largest absolute Gasteiger partial charge is 1.00 e. The van der Waals surface area contributed by atoms with Gasteiger partial charge in [0.25, 0.3) is 0 Å². The Morgan fingerprint density at radius 3 is 2.12 bits per heavy atom. The lowest BCUT2D eigenvalue weighted by molar-refractivity contribution is -0.896. The molecule has 0 aromatic carbocycles. The number of halogens is 1. The third kappa shape index (κ3) is 6.66. The first-order valence-electron chi connectivity index (χ1n) is 5.74. The van der Waals surface area contributed by atoms with Crippen LogP contribution in [0.5, 0.6) is 0 Å². The van der Waals surface area contributed by atoms with Crippen molar-refractivity contribution in [1.29, 1.82) is 0 Å². The van der Waals surface area contributed by atoms with E-state index in [4.69, 9.17) is 14.2 Å². The van der Waals surface area contributed by atoms with Crippen molar-refractivity contribution in [3.63, 3.8) is 0 Å². The molecule has 0 aliphatic carbocycles. The van der Waals surface area contributed by atoms with E-state index in [-0.39, 0.29) is 18.7 Å². The fourth-order valence-electron chi connectivity index (χ4n) is 1.73. The Bertz CT molecular complexity index is 180. The second kappa shape index (κ2) is 7.45. The van der Waals surface area contributed by atoms with Gasteiger partial charge >= 0.3 is 0 Å². The summed E-state index contributed by atoms with van der Waals surface area (Å²) in [5.41, 5.74) is 0. The van der Waals surface area contributed by atoms with E-state index >= 15 is 0 Å². The van der Waals surface area contributed by atoms with Gasteiger partial charge in [-0.25, -0.2) is 0 Å². The number of hydrogen-bond donors (Lipinski definition) is 0. The van der Waals surface area contributed by atoms with Crippen LogP contribution in [0.4, 0.5) is 0 Å². The van der Waals surface area contributed by atoms with E-state index in [0.717, 1.165) is 24.2 Å². The molecule has 1 rings (SSSR count). The summed E-state index contributed by atoms with van der Waals surface area (Å²) >= 11 is 0. The molecule has 1 aliphatic heterocycles. The van der Waals surface area contributed by atoms with Gasteiger partial charge < -0.3 is 31.1 Å². The fourth-order valence-corrected chi connectivity index (χ4v) is 1.73. The first-order chi connectivity index (χ1) is 7.07. The van der Waals surface area contributed by atoms with E-state index in [1.807, 2.05) is 13.8 Å². The van der Waals surface area contributed by atoms with Crippen LogP contribution in [0.3, 0.4) is 0 Å². The van der Waals surface area contributed by atoms with Crippen LogP contribution in [0.25, 0.3) is 0 Å². The minimum Gasteiger partial charge on any atom is -1.00 e. The van der Waals surface area contributed by atoms with Crippen LogP contribution in [-0.2, 0) is 14.2 Å². The van der Waals surface area contributed by atoms with Crippen molar-refractivity contribution in [2.24, 2.45) is 0 Å². The smallest absolute Gasteiger partial charge is 0.207 e. The Morgan fingerprint density at radius 2 is 1.75 bits per heavy atom. The van der Waals surface area contributed by atoms with Crippen molar-refractivity contribution < 1.29 is 31.1 Å². The fraction of sp³-hybridized carbons (Fsp3) is 1.00. The summed E-state index contributed by atoms with van der Waals surface area (Å²) in [4.78, 5) is 0. The quantitative estimate of drug-likeness (QED) is 0.281. The predicted molar refractivity (Wildman–Crippen MR) is 58.6 cm³/mol. The first kappa shape index (κ1) is 16.1. The zero-order valence-electron chi connectivity index (χ0n) is 10.7.